The monoisotopic (exact) mass is 430 g/mol. The van der Waals surface area contributed by atoms with Crippen molar-refractivity contribution in [1.29, 1.82) is 0 Å². The van der Waals surface area contributed by atoms with Crippen LogP contribution in [0, 0.1) is 0 Å². The first-order valence-electron chi connectivity index (χ1n) is 7.10. The fraction of sp³-hybridized carbons (Fsp3) is 0. The summed E-state index contributed by atoms with van der Waals surface area (Å²) in [6, 6.07) is 8.39. The van der Waals surface area contributed by atoms with Gasteiger partial charge in [0, 0.05) is 10.7 Å². The highest BCUT2D eigenvalue weighted by molar-refractivity contribution is 7.92. The van der Waals surface area contributed by atoms with Crippen molar-refractivity contribution in [1.82, 2.24) is 0 Å². The minimum Gasteiger partial charge on any atom is -0.505 e. The van der Waals surface area contributed by atoms with E-state index in [1.165, 1.54) is 18.2 Å². The summed E-state index contributed by atoms with van der Waals surface area (Å²) in [5.74, 6) is -0.822. The first kappa shape index (κ1) is 19.2. The average Bonchev–Trinajstić information content (AvgIpc) is 2.54. The second kappa shape index (κ2) is 6.53. The van der Waals surface area contributed by atoms with Crippen molar-refractivity contribution in [3.63, 3.8) is 0 Å². The number of nitrogens with one attached hydrogen (secondary N) is 1. The van der Waals surface area contributed by atoms with Gasteiger partial charge >= 0.3 is 5.63 Å². The fourth-order valence-electron chi connectivity index (χ4n) is 2.30. The largest absolute Gasteiger partial charge is 0.505 e. The van der Waals surface area contributed by atoms with Crippen molar-refractivity contribution in [3.05, 3.63) is 57.9 Å². The molecule has 3 rings (SSSR count). The number of primary sulfonamides is 1. The Hall–Kier alpha value is -2.60. The molecule has 0 saturated heterocycles. The Morgan fingerprint density at radius 1 is 1.04 bits per heavy atom. The highest BCUT2D eigenvalue weighted by atomic mass is 35.5. The van der Waals surface area contributed by atoms with Crippen molar-refractivity contribution in [2.45, 2.75) is 9.79 Å². The molecule has 9 nitrogen and oxygen atoms in total. The lowest BCUT2D eigenvalue weighted by atomic mass is 10.2. The highest BCUT2D eigenvalue weighted by Crippen LogP contribution is 2.32. The van der Waals surface area contributed by atoms with Gasteiger partial charge in [-0.3, -0.25) is 4.72 Å². The number of rotatable bonds is 4. The molecule has 27 heavy (non-hydrogen) atoms. The Balaban J connectivity index is 2.08. The number of hydrogen-bond donors (Lipinski definition) is 3. The van der Waals surface area contributed by atoms with Crippen LogP contribution in [-0.4, -0.2) is 21.9 Å². The van der Waals surface area contributed by atoms with E-state index in [4.69, 9.17) is 21.2 Å². The molecule has 0 saturated carbocycles. The Morgan fingerprint density at radius 2 is 1.67 bits per heavy atom. The van der Waals surface area contributed by atoms with Crippen molar-refractivity contribution in [3.8, 4) is 5.75 Å². The molecule has 1 heterocycles. The molecule has 0 spiro atoms. The summed E-state index contributed by atoms with van der Waals surface area (Å²) < 4.78 is 54.5. The smallest absolute Gasteiger partial charge is 0.361 e. The van der Waals surface area contributed by atoms with Crippen LogP contribution in [0.25, 0.3) is 11.0 Å². The van der Waals surface area contributed by atoms with Crippen LogP contribution in [-0.2, 0) is 20.0 Å². The third-order valence-electron chi connectivity index (χ3n) is 3.50. The lowest BCUT2D eigenvalue weighted by Gasteiger charge is -2.10. The van der Waals surface area contributed by atoms with Crippen molar-refractivity contribution >= 4 is 48.3 Å². The van der Waals surface area contributed by atoms with E-state index in [2.05, 4.69) is 4.72 Å². The Kier molecular flexibility index (Phi) is 4.64. The van der Waals surface area contributed by atoms with E-state index < -0.39 is 36.3 Å². The zero-order valence-corrected chi connectivity index (χ0v) is 15.6. The maximum Gasteiger partial charge on any atom is 0.361 e. The van der Waals surface area contributed by atoms with E-state index in [0.29, 0.717) is 0 Å². The van der Waals surface area contributed by atoms with Gasteiger partial charge in [0.1, 0.15) is 5.58 Å². The summed E-state index contributed by atoms with van der Waals surface area (Å²) in [6.07, 6.45) is 0. The van der Waals surface area contributed by atoms with Crippen LogP contribution in [0.1, 0.15) is 0 Å². The maximum absolute atomic E-state index is 12.5. The molecule has 4 N–H and O–H groups in total. The van der Waals surface area contributed by atoms with E-state index >= 15 is 0 Å². The van der Waals surface area contributed by atoms with Gasteiger partial charge in [0.25, 0.3) is 10.0 Å². The summed E-state index contributed by atoms with van der Waals surface area (Å²) >= 11 is 5.82. The van der Waals surface area contributed by atoms with Gasteiger partial charge in [0.15, 0.2) is 5.75 Å². The first-order chi connectivity index (χ1) is 12.5. The minimum atomic E-state index is -4.56. The summed E-state index contributed by atoms with van der Waals surface area (Å²) in [6.45, 7) is 0. The number of aromatic hydroxyl groups is 1. The zero-order valence-electron chi connectivity index (χ0n) is 13.2. The van der Waals surface area contributed by atoms with Gasteiger partial charge in [-0.05, 0) is 42.5 Å². The molecular weight excluding hydrogens is 420 g/mol. The van der Waals surface area contributed by atoms with Gasteiger partial charge in [-0.1, -0.05) is 11.6 Å². The molecule has 3 aromatic rings. The number of hydrogen-bond acceptors (Lipinski definition) is 7. The maximum atomic E-state index is 12.5. The van der Waals surface area contributed by atoms with E-state index in [1.54, 1.807) is 0 Å². The summed E-state index contributed by atoms with van der Waals surface area (Å²) in [5, 5.41) is 15.4. The lowest BCUT2D eigenvalue weighted by molar-refractivity contribution is 0.442. The Bertz CT molecular complexity index is 1310. The number of anilines is 1. The zero-order chi connectivity index (χ0) is 20.0. The molecule has 0 bridgehead atoms. The lowest BCUT2D eigenvalue weighted by Crippen LogP contribution is -2.21. The number of benzene rings is 2. The van der Waals surface area contributed by atoms with Crippen LogP contribution >= 0.6 is 11.6 Å². The number of nitrogens with two attached hydrogens (primary N) is 1. The molecule has 0 amide bonds. The molecule has 2 aromatic carbocycles. The quantitative estimate of drug-likeness (QED) is 0.530. The van der Waals surface area contributed by atoms with E-state index in [0.717, 1.165) is 24.3 Å². The molecule has 0 fully saturated rings. The van der Waals surface area contributed by atoms with Gasteiger partial charge in [-0.2, -0.15) is 0 Å². The van der Waals surface area contributed by atoms with Gasteiger partial charge in [-0.15, -0.1) is 0 Å². The van der Waals surface area contributed by atoms with E-state index in [9.17, 15) is 26.7 Å². The SMILES string of the molecule is NS(=O)(=O)c1ccc(NS(=O)(=O)c2c(O)c3cc(Cl)ccc3oc2=O)cc1. The van der Waals surface area contributed by atoms with Crippen LogP contribution in [0.3, 0.4) is 0 Å². The molecular formula is C15H11ClN2O7S2. The van der Waals surface area contributed by atoms with Crippen LogP contribution in [0.5, 0.6) is 5.75 Å². The minimum absolute atomic E-state index is 0.0432. The predicted molar refractivity (Wildman–Crippen MR) is 97.8 cm³/mol. The standard InChI is InChI=1S/C15H11ClN2O7S2/c16-8-1-6-12-11(7-8)13(19)14(15(20)25-12)27(23,24)18-9-2-4-10(5-3-9)26(17,21)22/h1-7,18-19H,(H2,17,21,22). The van der Waals surface area contributed by atoms with Gasteiger partial charge in [0.05, 0.1) is 10.3 Å². The molecule has 0 atom stereocenters. The van der Waals surface area contributed by atoms with Crippen LogP contribution in [0.2, 0.25) is 5.02 Å². The molecule has 0 radical (unpaired) electrons. The van der Waals surface area contributed by atoms with E-state index in [-0.39, 0.29) is 26.6 Å². The summed E-state index contributed by atoms with van der Waals surface area (Å²) in [5.41, 5.74) is -1.39. The Labute approximate surface area is 158 Å². The van der Waals surface area contributed by atoms with Crippen molar-refractivity contribution < 1.29 is 26.4 Å². The molecule has 12 heteroatoms. The van der Waals surface area contributed by atoms with Crippen LogP contribution in [0.4, 0.5) is 5.69 Å². The molecule has 0 aliphatic carbocycles. The molecule has 0 aliphatic rings. The Morgan fingerprint density at radius 3 is 2.26 bits per heavy atom. The second-order valence-corrected chi connectivity index (χ2v) is 9.00. The normalized spacial score (nSPS) is 12.2. The molecule has 0 unspecified atom stereocenters. The number of halogens is 1. The second-order valence-electron chi connectivity index (χ2n) is 5.38. The fourth-order valence-corrected chi connectivity index (χ4v) is 4.16. The van der Waals surface area contributed by atoms with Crippen molar-refractivity contribution in [2.24, 2.45) is 5.14 Å². The summed E-state index contributed by atoms with van der Waals surface area (Å²) in [7, 11) is -8.51. The van der Waals surface area contributed by atoms with Crippen molar-refractivity contribution in [2.75, 3.05) is 4.72 Å². The summed E-state index contributed by atoms with van der Waals surface area (Å²) in [4.78, 5) is 10.9. The van der Waals surface area contributed by atoms with Crippen LogP contribution < -0.4 is 15.5 Å². The third-order valence-corrected chi connectivity index (χ3v) is 6.07. The first-order valence-corrected chi connectivity index (χ1v) is 10.5. The van der Waals surface area contributed by atoms with Crippen LogP contribution in [0.15, 0.2) is 61.5 Å². The average molecular weight is 431 g/mol. The van der Waals surface area contributed by atoms with E-state index in [1.807, 2.05) is 0 Å². The van der Waals surface area contributed by atoms with Gasteiger partial charge < -0.3 is 9.52 Å². The third kappa shape index (κ3) is 3.76. The van der Waals surface area contributed by atoms with Gasteiger partial charge in [-0.25, -0.2) is 26.8 Å². The molecule has 0 aliphatic heterocycles. The number of sulfonamides is 2. The molecule has 142 valence electrons. The number of fused-ring (bicyclic) bond motifs is 1. The highest BCUT2D eigenvalue weighted by Gasteiger charge is 2.27. The predicted octanol–water partition coefficient (Wildman–Crippen LogP) is 1.60. The van der Waals surface area contributed by atoms with Gasteiger partial charge in [0.2, 0.25) is 14.9 Å². The molecule has 1 aromatic heterocycles. The topological polar surface area (TPSA) is 157 Å².